The fourth-order valence-corrected chi connectivity index (χ4v) is 5.59. The molecule has 6 atom stereocenters. The molecular formula is C35H45N3O6. The molecule has 1 aliphatic carbocycles. The van der Waals surface area contributed by atoms with E-state index in [2.05, 4.69) is 16.0 Å². The van der Waals surface area contributed by atoms with Crippen LogP contribution in [0.3, 0.4) is 0 Å². The number of alkyl carbamates (subject to hydrolysis) is 1. The number of amides is 2. The minimum Gasteiger partial charge on any atom is -0.444 e. The molecule has 44 heavy (non-hydrogen) atoms. The van der Waals surface area contributed by atoms with E-state index in [4.69, 9.17) is 4.74 Å². The molecule has 6 N–H and O–H groups in total. The molecule has 0 aliphatic heterocycles. The number of hydrogen-bond donors (Lipinski definition) is 6. The molecule has 0 heterocycles. The Morgan fingerprint density at radius 2 is 1.30 bits per heavy atom. The van der Waals surface area contributed by atoms with Gasteiger partial charge in [0.2, 0.25) is 5.91 Å². The smallest absolute Gasteiger partial charge is 0.407 e. The van der Waals surface area contributed by atoms with Gasteiger partial charge in [0, 0.05) is 13.1 Å². The van der Waals surface area contributed by atoms with Crippen molar-refractivity contribution in [3.8, 4) is 0 Å². The lowest BCUT2D eigenvalue weighted by Gasteiger charge is -2.29. The number of carbonyl (C=O) groups excluding carboxylic acids is 2. The van der Waals surface area contributed by atoms with Crippen molar-refractivity contribution >= 4 is 12.0 Å². The molecule has 3 aromatic carbocycles. The SMILES string of the molecule is CC(C)(C)OC(=O)N[C@@H](Cc1ccccc1)[C@H](O)CNC[C@@H](O)[C@H](Cc1ccccc1)NC(=O)C1c2ccccc2CC1O. The first-order valence-electron chi connectivity index (χ1n) is 15.2. The Morgan fingerprint density at radius 3 is 1.84 bits per heavy atom. The second-order valence-corrected chi connectivity index (χ2v) is 12.5. The molecule has 4 rings (SSSR count). The zero-order chi connectivity index (χ0) is 31.7. The van der Waals surface area contributed by atoms with Crippen molar-refractivity contribution < 1.29 is 29.6 Å². The maximum absolute atomic E-state index is 13.5. The molecule has 1 aliphatic rings. The van der Waals surface area contributed by atoms with Crippen molar-refractivity contribution in [3.63, 3.8) is 0 Å². The van der Waals surface area contributed by atoms with Crippen molar-refractivity contribution in [2.45, 2.75) is 81.9 Å². The number of fused-ring (bicyclic) bond motifs is 1. The van der Waals surface area contributed by atoms with Gasteiger partial charge in [0.25, 0.3) is 0 Å². The minimum absolute atomic E-state index is 0.0726. The summed E-state index contributed by atoms with van der Waals surface area (Å²) in [7, 11) is 0. The van der Waals surface area contributed by atoms with Crippen LogP contribution in [-0.4, -0.2) is 76.4 Å². The van der Waals surface area contributed by atoms with Gasteiger partial charge >= 0.3 is 6.09 Å². The topological polar surface area (TPSA) is 140 Å². The largest absolute Gasteiger partial charge is 0.444 e. The molecule has 0 bridgehead atoms. The molecule has 9 heteroatoms. The monoisotopic (exact) mass is 603 g/mol. The van der Waals surface area contributed by atoms with Crippen LogP contribution in [0.25, 0.3) is 0 Å². The maximum atomic E-state index is 13.5. The quantitative estimate of drug-likeness (QED) is 0.177. The molecule has 0 spiro atoms. The lowest BCUT2D eigenvalue weighted by atomic mass is 9.96. The fourth-order valence-electron chi connectivity index (χ4n) is 5.59. The second kappa shape index (κ2) is 15.3. The Morgan fingerprint density at radius 1 is 0.795 bits per heavy atom. The molecule has 3 aromatic rings. The van der Waals surface area contributed by atoms with E-state index >= 15 is 0 Å². The fraction of sp³-hybridized carbons (Fsp3) is 0.429. The van der Waals surface area contributed by atoms with Gasteiger partial charge in [-0.1, -0.05) is 84.9 Å². The molecule has 0 saturated carbocycles. The summed E-state index contributed by atoms with van der Waals surface area (Å²) >= 11 is 0. The minimum atomic E-state index is -1.01. The predicted molar refractivity (Wildman–Crippen MR) is 169 cm³/mol. The normalized spacial score (nSPS) is 18.9. The summed E-state index contributed by atoms with van der Waals surface area (Å²) in [5, 5.41) is 42.0. The highest BCUT2D eigenvalue weighted by atomic mass is 16.6. The number of benzene rings is 3. The van der Waals surface area contributed by atoms with E-state index in [9.17, 15) is 24.9 Å². The molecule has 0 aromatic heterocycles. The van der Waals surface area contributed by atoms with E-state index in [0.717, 1.165) is 22.3 Å². The first-order valence-corrected chi connectivity index (χ1v) is 15.2. The van der Waals surface area contributed by atoms with E-state index in [1.54, 1.807) is 20.8 Å². The van der Waals surface area contributed by atoms with Gasteiger partial charge in [0.05, 0.1) is 36.3 Å². The summed E-state index contributed by atoms with van der Waals surface area (Å²) in [5.41, 5.74) is 2.93. The third-order valence-electron chi connectivity index (χ3n) is 7.75. The van der Waals surface area contributed by atoms with Crippen molar-refractivity contribution in [3.05, 3.63) is 107 Å². The van der Waals surface area contributed by atoms with Crippen LogP contribution < -0.4 is 16.0 Å². The Labute approximate surface area is 259 Å². The third-order valence-corrected chi connectivity index (χ3v) is 7.75. The van der Waals surface area contributed by atoms with E-state index < -0.39 is 48.0 Å². The van der Waals surface area contributed by atoms with Crippen molar-refractivity contribution in [1.29, 1.82) is 0 Å². The van der Waals surface area contributed by atoms with Gasteiger partial charge in [-0.05, 0) is 62.3 Å². The first kappa shape index (κ1) is 33.1. The number of aliphatic hydroxyl groups excluding tert-OH is 3. The molecule has 2 amide bonds. The van der Waals surface area contributed by atoms with Crippen LogP contribution in [0, 0.1) is 0 Å². The lowest BCUT2D eigenvalue weighted by molar-refractivity contribution is -0.126. The summed E-state index contributed by atoms with van der Waals surface area (Å²) in [6.07, 6.45) is -2.31. The predicted octanol–water partition coefficient (Wildman–Crippen LogP) is 2.86. The van der Waals surface area contributed by atoms with Crippen LogP contribution in [0.4, 0.5) is 4.79 Å². The number of nitrogens with one attached hydrogen (secondary N) is 3. The summed E-state index contributed by atoms with van der Waals surface area (Å²) < 4.78 is 5.42. The van der Waals surface area contributed by atoms with E-state index in [0.29, 0.717) is 19.3 Å². The second-order valence-electron chi connectivity index (χ2n) is 12.5. The van der Waals surface area contributed by atoms with Crippen molar-refractivity contribution in [2.75, 3.05) is 13.1 Å². The summed E-state index contributed by atoms with van der Waals surface area (Å²) in [5.74, 6) is -1.06. The Bertz CT molecular complexity index is 1350. The molecule has 236 valence electrons. The molecule has 0 fully saturated rings. The van der Waals surface area contributed by atoms with Gasteiger partial charge in [0.15, 0.2) is 0 Å². The molecule has 2 unspecified atom stereocenters. The third kappa shape index (κ3) is 9.62. The standard InChI is InChI=1S/C35H45N3O6/c1-35(2,3)44-34(43)38-28(19-24-14-8-5-9-15-24)31(41)22-36-21-30(40)27(18-23-12-6-4-7-13-23)37-33(42)32-26-17-11-10-16-25(26)20-29(32)39/h4-17,27-32,36,39-41H,18-22H2,1-3H3,(H,37,42)(H,38,43)/t27-,28-,29?,30+,31+,32?/m0/s1. The zero-order valence-electron chi connectivity index (χ0n) is 25.6. The number of hydrogen-bond acceptors (Lipinski definition) is 7. The average Bonchev–Trinajstić information content (AvgIpc) is 3.32. The lowest BCUT2D eigenvalue weighted by Crippen LogP contribution is -2.53. The number of carbonyl (C=O) groups is 2. The highest BCUT2D eigenvalue weighted by Crippen LogP contribution is 2.33. The van der Waals surface area contributed by atoms with Crippen LogP contribution in [0.5, 0.6) is 0 Å². The van der Waals surface area contributed by atoms with Gasteiger partial charge in [-0.25, -0.2) is 4.79 Å². The van der Waals surface area contributed by atoms with E-state index in [1.807, 2.05) is 84.9 Å². The van der Waals surface area contributed by atoms with Crippen LogP contribution >= 0.6 is 0 Å². The number of aliphatic hydroxyl groups is 3. The molecule has 0 saturated heterocycles. The van der Waals surface area contributed by atoms with Gasteiger partial charge < -0.3 is 36.0 Å². The Kier molecular flexibility index (Phi) is 11.5. The van der Waals surface area contributed by atoms with E-state index in [-0.39, 0.29) is 19.0 Å². The summed E-state index contributed by atoms with van der Waals surface area (Å²) in [6.45, 7) is 5.47. The van der Waals surface area contributed by atoms with Crippen LogP contribution in [0.2, 0.25) is 0 Å². The van der Waals surface area contributed by atoms with Crippen LogP contribution in [-0.2, 0) is 28.8 Å². The first-order chi connectivity index (χ1) is 21.0. The highest BCUT2D eigenvalue weighted by Gasteiger charge is 2.37. The summed E-state index contributed by atoms with van der Waals surface area (Å²) in [4.78, 5) is 26.0. The average molecular weight is 604 g/mol. The number of rotatable bonds is 13. The zero-order valence-corrected chi connectivity index (χ0v) is 25.6. The maximum Gasteiger partial charge on any atom is 0.407 e. The Balaban J connectivity index is 1.40. The van der Waals surface area contributed by atoms with Gasteiger partial charge in [-0.2, -0.15) is 0 Å². The Hall–Kier alpha value is -3.76. The van der Waals surface area contributed by atoms with Gasteiger partial charge in [-0.3, -0.25) is 4.79 Å². The van der Waals surface area contributed by atoms with E-state index in [1.165, 1.54) is 0 Å². The van der Waals surface area contributed by atoms with Crippen molar-refractivity contribution in [1.82, 2.24) is 16.0 Å². The molecular weight excluding hydrogens is 558 g/mol. The van der Waals surface area contributed by atoms with Crippen molar-refractivity contribution in [2.24, 2.45) is 0 Å². The molecule has 9 nitrogen and oxygen atoms in total. The van der Waals surface area contributed by atoms with Crippen LogP contribution in [0.1, 0.15) is 48.9 Å². The highest BCUT2D eigenvalue weighted by molar-refractivity contribution is 5.86. The summed E-state index contributed by atoms with van der Waals surface area (Å²) in [6, 6.07) is 25.3. The van der Waals surface area contributed by atoms with Gasteiger partial charge in [-0.15, -0.1) is 0 Å². The van der Waals surface area contributed by atoms with Gasteiger partial charge in [0.1, 0.15) is 5.60 Å². The molecule has 0 radical (unpaired) electrons. The number of ether oxygens (including phenoxy) is 1. The van der Waals surface area contributed by atoms with Crippen LogP contribution in [0.15, 0.2) is 84.9 Å².